The number of rotatable bonds is 4. The van der Waals surface area contributed by atoms with Gasteiger partial charge in [0.15, 0.2) is 0 Å². The fourth-order valence-electron chi connectivity index (χ4n) is 3.35. The lowest BCUT2D eigenvalue weighted by Crippen LogP contribution is -2.41. The standard InChI is InChI=1S/C20H26N2O/c1-15-6-8-16(9-7-15)20(22-12-10-18(21)11-13-22)17-4-3-5-19(14-17)23-2/h3-9,14,18,20H,10-13,21H2,1-2H3. The molecule has 1 aliphatic rings. The van der Waals surface area contributed by atoms with Gasteiger partial charge in [-0.2, -0.15) is 0 Å². The fourth-order valence-corrected chi connectivity index (χ4v) is 3.35. The largest absolute Gasteiger partial charge is 0.497 e. The Bertz CT molecular complexity index is 630. The van der Waals surface area contributed by atoms with Crippen molar-refractivity contribution in [1.82, 2.24) is 4.90 Å². The number of benzene rings is 2. The second-order valence-electron chi connectivity index (χ2n) is 6.46. The number of nitrogens with zero attached hydrogens (tertiary/aromatic N) is 1. The van der Waals surface area contributed by atoms with Crippen LogP contribution in [0.15, 0.2) is 48.5 Å². The van der Waals surface area contributed by atoms with Gasteiger partial charge in [-0.05, 0) is 43.0 Å². The van der Waals surface area contributed by atoms with E-state index in [0.717, 1.165) is 31.7 Å². The smallest absolute Gasteiger partial charge is 0.119 e. The zero-order valence-corrected chi connectivity index (χ0v) is 14.0. The van der Waals surface area contributed by atoms with Crippen molar-refractivity contribution in [2.75, 3.05) is 20.2 Å². The van der Waals surface area contributed by atoms with Gasteiger partial charge in [-0.15, -0.1) is 0 Å². The Labute approximate surface area is 139 Å². The molecule has 3 heteroatoms. The van der Waals surface area contributed by atoms with E-state index < -0.39 is 0 Å². The summed E-state index contributed by atoms with van der Waals surface area (Å²) in [4.78, 5) is 2.54. The lowest BCUT2D eigenvalue weighted by Gasteiger charge is -2.37. The highest BCUT2D eigenvalue weighted by Crippen LogP contribution is 2.32. The highest BCUT2D eigenvalue weighted by molar-refractivity contribution is 5.37. The minimum absolute atomic E-state index is 0.262. The third-order valence-electron chi connectivity index (χ3n) is 4.74. The van der Waals surface area contributed by atoms with E-state index in [9.17, 15) is 0 Å². The zero-order chi connectivity index (χ0) is 16.2. The molecular weight excluding hydrogens is 284 g/mol. The second kappa shape index (κ2) is 7.16. The van der Waals surface area contributed by atoms with E-state index in [0.29, 0.717) is 6.04 Å². The molecular formula is C20H26N2O. The predicted octanol–water partition coefficient (Wildman–Crippen LogP) is 3.52. The van der Waals surface area contributed by atoms with Gasteiger partial charge in [-0.25, -0.2) is 0 Å². The summed E-state index contributed by atoms with van der Waals surface area (Å²) in [6.07, 6.45) is 2.12. The number of aryl methyl sites for hydroxylation is 1. The van der Waals surface area contributed by atoms with Gasteiger partial charge in [-0.3, -0.25) is 4.90 Å². The molecule has 1 atom stereocenters. The molecule has 3 rings (SSSR count). The summed E-state index contributed by atoms with van der Waals surface area (Å²) < 4.78 is 5.43. The molecule has 0 aliphatic carbocycles. The van der Waals surface area contributed by atoms with Gasteiger partial charge in [0.05, 0.1) is 13.2 Å². The number of methoxy groups -OCH3 is 1. The number of ether oxygens (including phenoxy) is 1. The summed E-state index contributed by atoms with van der Waals surface area (Å²) in [6.45, 7) is 4.21. The zero-order valence-electron chi connectivity index (χ0n) is 14.0. The molecule has 1 saturated heterocycles. The summed E-state index contributed by atoms with van der Waals surface area (Å²) in [5, 5.41) is 0. The van der Waals surface area contributed by atoms with Crippen molar-refractivity contribution in [2.24, 2.45) is 5.73 Å². The van der Waals surface area contributed by atoms with Crippen LogP contribution < -0.4 is 10.5 Å². The topological polar surface area (TPSA) is 38.5 Å². The molecule has 1 heterocycles. The van der Waals surface area contributed by atoms with E-state index in [4.69, 9.17) is 10.5 Å². The van der Waals surface area contributed by atoms with E-state index in [2.05, 4.69) is 54.3 Å². The van der Waals surface area contributed by atoms with Gasteiger partial charge in [0, 0.05) is 19.1 Å². The van der Waals surface area contributed by atoms with Crippen LogP contribution in [0.4, 0.5) is 0 Å². The average Bonchev–Trinajstić information content (AvgIpc) is 2.59. The Kier molecular flexibility index (Phi) is 4.99. The molecule has 122 valence electrons. The van der Waals surface area contributed by atoms with Crippen LogP contribution in [0.5, 0.6) is 5.75 Å². The Morgan fingerprint density at radius 3 is 2.39 bits per heavy atom. The van der Waals surface area contributed by atoms with Crippen LogP contribution >= 0.6 is 0 Å². The van der Waals surface area contributed by atoms with Gasteiger partial charge < -0.3 is 10.5 Å². The van der Waals surface area contributed by atoms with E-state index in [1.807, 2.05) is 6.07 Å². The van der Waals surface area contributed by atoms with Gasteiger partial charge in [0.1, 0.15) is 5.75 Å². The second-order valence-corrected chi connectivity index (χ2v) is 6.46. The number of hydrogen-bond donors (Lipinski definition) is 1. The van der Waals surface area contributed by atoms with Gasteiger partial charge in [-0.1, -0.05) is 42.0 Å². The highest BCUT2D eigenvalue weighted by atomic mass is 16.5. The fraction of sp³-hybridized carbons (Fsp3) is 0.400. The predicted molar refractivity (Wildman–Crippen MR) is 94.8 cm³/mol. The molecule has 2 aromatic carbocycles. The van der Waals surface area contributed by atoms with Crippen molar-refractivity contribution < 1.29 is 4.74 Å². The van der Waals surface area contributed by atoms with Crippen molar-refractivity contribution in [3.8, 4) is 5.75 Å². The molecule has 0 spiro atoms. The van der Waals surface area contributed by atoms with Crippen LogP contribution in [0.2, 0.25) is 0 Å². The maximum Gasteiger partial charge on any atom is 0.119 e. The number of piperidine rings is 1. The molecule has 2 N–H and O–H groups in total. The number of nitrogens with two attached hydrogens (primary N) is 1. The van der Waals surface area contributed by atoms with Gasteiger partial charge in [0.2, 0.25) is 0 Å². The average molecular weight is 310 g/mol. The van der Waals surface area contributed by atoms with Crippen LogP contribution in [0, 0.1) is 6.92 Å². The summed E-state index contributed by atoms with van der Waals surface area (Å²) >= 11 is 0. The van der Waals surface area contributed by atoms with Crippen LogP contribution in [-0.4, -0.2) is 31.1 Å². The lowest BCUT2D eigenvalue weighted by molar-refractivity contribution is 0.174. The maximum atomic E-state index is 6.09. The van der Waals surface area contributed by atoms with Gasteiger partial charge in [0.25, 0.3) is 0 Å². The Hall–Kier alpha value is -1.84. The Balaban J connectivity index is 1.96. The van der Waals surface area contributed by atoms with Crippen molar-refractivity contribution in [3.63, 3.8) is 0 Å². The van der Waals surface area contributed by atoms with E-state index in [1.165, 1.54) is 16.7 Å². The molecule has 1 fully saturated rings. The van der Waals surface area contributed by atoms with Crippen LogP contribution in [-0.2, 0) is 0 Å². The number of hydrogen-bond acceptors (Lipinski definition) is 3. The highest BCUT2D eigenvalue weighted by Gasteiger charge is 2.26. The van der Waals surface area contributed by atoms with Crippen molar-refractivity contribution in [2.45, 2.75) is 31.8 Å². The van der Waals surface area contributed by atoms with Gasteiger partial charge >= 0.3 is 0 Å². The van der Waals surface area contributed by atoms with E-state index in [-0.39, 0.29) is 6.04 Å². The molecule has 0 saturated carbocycles. The summed E-state index contributed by atoms with van der Waals surface area (Å²) in [5.41, 5.74) is 10.00. The third kappa shape index (κ3) is 3.74. The first kappa shape index (κ1) is 16.0. The molecule has 0 radical (unpaired) electrons. The summed E-state index contributed by atoms with van der Waals surface area (Å²) in [6, 6.07) is 17.9. The molecule has 2 aromatic rings. The molecule has 1 aliphatic heterocycles. The normalized spacial score (nSPS) is 17.9. The van der Waals surface area contributed by atoms with Crippen LogP contribution in [0.3, 0.4) is 0 Å². The summed E-state index contributed by atoms with van der Waals surface area (Å²) in [5.74, 6) is 0.910. The van der Waals surface area contributed by atoms with E-state index in [1.54, 1.807) is 7.11 Å². The first-order valence-corrected chi connectivity index (χ1v) is 8.37. The maximum absolute atomic E-state index is 6.09. The third-order valence-corrected chi connectivity index (χ3v) is 4.74. The first-order chi connectivity index (χ1) is 11.2. The Morgan fingerprint density at radius 1 is 1.04 bits per heavy atom. The minimum Gasteiger partial charge on any atom is -0.497 e. The molecule has 0 amide bonds. The van der Waals surface area contributed by atoms with E-state index >= 15 is 0 Å². The molecule has 0 bridgehead atoms. The quantitative estimate of drug-likeness (QED) is 0.939. The van der Waals surface area contributed by atoms with Crippen LogP contribution in [0.1, 0.15) is 35.6 Å². The molecule has 23 heavy (non-hydrogen) atoms. The Morgan fingerprint density at radius 2 is 1.74 bits per heavy atom. The molecule has 1 unspecified atom stereocenters. The SMILES string of the molecule is COc1cccc(C(c2ccc(C)cc2)N2CCC(N)CC2)c1. The molecule has 3 nitrogen and oxygen atoms in total. The van der Waals surface area contributed by atoms with Crippen molar-refractivity contribution in [3.05, 3.63) is 65.2 Å². The summed E-state index contributed by atoms with van der Waals surface area (Å²) in [7, 11) is 1.72. The van der Waals surface area contributed by atoms with Crippen LogP contribution in [0.25, 0.3) is 0 Å². The van der Waals surface area contributed by atoms with Crippen molar-refractivity contribution in [1.29, 1.82) is 0 Å². The lowest BCUT2D eigenvalue weighted by atomic mass is 9.93. The monoisotopic (exact) mass is 310 g/mol. The number of likely N-dealkylation sites (tertiary alicyclic amines) is 1. The first-order valence-electron chi connectivity index (χ1n) is 8.37. The minimum atomic E-state index is 0.262. The van der Waals surface area contributed by atoms with Crippen molar-refractivity contribution >= 4 is 0 Å². The molecule has 0 aromatic heterocycles.